The minimum Gasteiger partial charge on any atom is -0.378 e. The van der Waals surface area contributed by atoms with Gasteiger partial charge in [0.25, 0.3) is 0 Å². The Bertz CT molecular complexity index is 386. The van der Waals surface area contributed by atoms with Gasteiger partial charge in [0.1, 0.15) is 5.82 Å². The first-order valence-electron chi connectivity index (χ1n) is 5.93. The Morgan fingerprint density at radius 2 is 2.35 bits per heavy atom. The zero-order valence-electron chi connectivity index (χ0n) is 9.88. The highest BCUT2D eigenvalue weighted by molar-refractivity contribution is 9.10. The summed E-state index contributed by atoms with van der Waals surface area (Å²) in [5.74, 6) is 0.380. The van der Waals surface area contributed by atoms with Gasteiger partial charge in [0.05, 0.1) is 6.10 Å². The van der Waals surface area contributed by atoms with Crippen molar-refractivity contribution in [2.45, 2.75) is 26.0 Å². The van der Waals surface area contributed by atoms with Crippen molar-refractivity contribution in [2.75, 3.05) is 13.2 Å². The topological polar surface area (TPSA) is 21.3 Å². The van der Waals surface area contributed by atoms with Gasteiger partial charge in [-0.25, -0.2) is 4.39 Å². The molecule has 1 aromatic carbocycles. The Morgan fingerprint density at radius 1 is 1.53 bits per heavy atom. The summed E-state index contributed by atoms with van der Waals surface area (Å²) in [6.07, 6.45) is 1.44. The molecular formula is C13H17BrFNO. The van der Waals surface area contributed by atoms with E-state index in [4.69, 9.17) is 4.74 Å². The molecule has 1 aliphatic rings. The molecule has 1 heterocycles. The van der Waals surface area contributed by atoms with E-state index in [1.165, 1.54) is 6.07 Å². The highest BCUT2D eigenvalue weighted by Gasteiger charge is 2.23. The largest absolute Gasteiger partial charge is 0.378 e. The van der Waals surface area contributed by atoms with Crippen LogP contribution in [-0.4, -0.2) is 19.3 Å². The molecule has 1 saturated heterocycles. The Morgan fingerprint density at radius 3 is 3.06 bits per heavy atom. The molecule has 0 saturated carbocycles. The van der Waals surface area contributed by atoms with Crippen molar-refractivity contribution in [2.24, 2.45) is 5.92 Å². The van der Waals surface area contributed by atoms with E-state index in [1.807, 2.05) is 0 Å². The highest BCUT2D eigenvalue weighted by atomic mass is 79.9. The van der Waals surface area contributed by atoms with Crippen LogP contribution in [0.2, 0.25) is 0 Å². The van der Waals surface area contributed by atoms with Crippen molar-refractivity contribution < 1.29 is 9.13 Å². The standard InChI is InChI=1S/C13H17BrFNO/c1-9-10(4-5-17-9)7-16-8-11-6-12(15)2-3-13(11)14/h2-3,6,9-10,16H,4-5,7-8H2,1H3. The zero-order valence-corrected chi connectivity index (χ0v) is 11.5. The fraction of sp³-hybridized carbons (Fsp3) is 0.538. The Kier molecular flexibility index (Phi) is 4.54. The average molecular weight is 302 g/mol. The third-order valence-electron chi connectivity index (χ3n) is 3.26. The van der Waals surface area contributed by atoms with Crippen LogP contribution in [0.3, 0.4) is 0 Å². The molecule has 17 heavy (non-hydrogen) atoms. The number of hydrogen-bond acceptors (Lipinski definition) is 2. The summed E-state index contributed by atoms with van der Waals surface area (Å²) in [5, 5.41) is 3.37. The lowest BCUT2D eigenvalue weighted by molar-refractivity contribution is 0.105. The van der Waals surface area contributed by atoms with Gasteiger partial charge in [0.2, 0.25) is 0 Å². The van der Waals surface area contributed by atoms with Crippen molar-refractivity contribution >= 4 is 15.9 Å². The maximum atomic E-state index is 13.1. The summed E-state index contributed by atoms with van der Waals surface area (Å²) >= 11 is 3.42. The first-order chi connectivity index (χ1) is 8.16. The summed E-state index contributed by atoms with van der Waals surface area (Å²) in [7, 11) is 0. The van der Waals surface area contributed by atoms with Gasteiger partial charge in [-0.15, -0.1) is 0 Å². The molecule has 0 aliphatic carbocycles. The fourth-order valence-corrected chi connectivity index (χ4v) is 2.50. The Balaban J connectivity index is 1.83. The van der Waals surface area contributed by atoms with Crippen LogP contribution in [0.5, 0.6) is 0 Å². The average Bonchev–Trinajstić information content (AvgIpc) is 2.70. The molecule has 1 N–H and O–H groups in total. The second-order valence-electron chi connectivity index (χ2n) is 4.49. The molecule has 0 bridgehead atoms. The van der Waals surface area contributed by atoms with Crippen LogP contribution in [0, 0.1) is 11.7 Å². The maximum Gasteiger partial charge on any atom is 0.123 e. The van der Waals surface area contributed by atoms with E-state index in [2.05, 4.69) is 28.2 Å². The van der Waals surface area contributed by atoms with Gasteiger partial charge in [-0.3, -0.25) is 0 Å². The van der Waals surface area contributed by atoms with E-state index in [1.54, 1.807) is 12.1 Å². The van der Waals surface area contributed by atoms with E-state index in [9.17, 15) is 4.39 Å². The highest BCUT2D eigenvalue weighted by Crippen LogP contribution is 2.20. The summed E-state index contributed by atoms with van der Waals surface area (Å²) in [4.78, 5) is 0. The molecule has 2 nitrogen and oxygen atoms in total. The lowest BCUT2D eigenvalue weighted by Crippen LogP contribution is -2.26. The number of benzene rings is 1. The Labute approximate surface area is 110 Å². The van der Waals surface area contributed by atoms with E-state index >= 15 is 0 Å². The van der Waals surface area contributed by atoms with Gasteiger partial charge in [-0.05, 0) is 43.0 Å². The van der Waals surface area contributed by atoms with Crippen LogP contribution in [0.1, 0.15) is 18.9 Å². The zero-order chi connectivity index (χ0) is 12.3. The van der Waals surface area contributed by atoms with Crippen LogP contribution in [0.4, 0.5) is 4.39 Å². The number of nitrogens with one attached hydrogen (secondary N) is 1. The van der Waals surface area contributed by atoms with Gasteiger partial charge in [0.15, 0.2) is 0 Å². The van der Waals surface area contributed by atoms with Crippen LogP contribution < -0.4 is 5.32 Å². The predicted octanol–water partition coefficient (Wildman–Crippen LogP) is 3.10. The summed E-state index contributed by atoms with van der Waals surface area (Å²) in [5.41, 5.74) is 0.955. The normalized spacial score (nSPS) is 24.2. The molecule has 4 heteroatoms. The van der Waals surface area contributed by atoms with Crippen LogP contribution in [-0.2, 0) is 11.3 Å². The van der Waals surface area contributed by atoms with Crippen molar-refractivity contribution in [1.29, 1.82) is 0 Å². The molecule has 0 amide bonds. The fourth-order valence-electron chi connectivity index (χ4n) is 2.12. The molecule has 2 unspecified atom stereocenters. The molecule has 1 aromatic rings. The van der Waals surface area contributed by atoms with E-state index in [-0.39, 0.29) is 5.82 Å². The minimum absolute atomic E-state index is 0.192. The number of hydrogen-bond donors (Lipinski definition) is 1. The molecule has 2 rings (SSSR count). The van der Waals surface area contributed by atoms with Crippen molar-refractivity contribution in [3.8, 4) is 0 Å². The predicted molar refractivity (Wildman–Crippen MR) is 69.3 cm³/mol. The molecule has 0 aromatic heterocycles. The van der Waals surface area contributed by atoms with Gasteiger partial charge < -0.3 is 10.1 Å². The van der Waals surface area contributed by atoms with Crippen molar-refractivity contribution in [3.63, 3.8) is 0 Å². The molecule has 1 aliphatic heterocycles. The lowest BCUT2D eigenvalue weighted by atomic mass is 10.0. The van der Waals surface area contributed by atoms with Gasteiger partial charge in [0, 0.05) is 24.2 Å². The van der Waals surface area contributed by atoms with Crippen molar-refractivity contribution in [3.05, 3.63) is 34.1 Å². The second kappa shape index (κ2) is 5.94. The van der Waals surface area contributed by atoms with Crippen LogP contribution >= 0.6 is 15.9 Å². The summed E-state index contributed by atoms with van der Waals surface area (Å²) in [6, 6.07) is 4.76. The number of rotatable bonds is 4. The van der Waals surface area contributed by atoms with Gasteiger partial charge in [-0.2, -0.15) is 0 Å². The Hall–Kier alpha value is -0.450. The quantitative estimate of drug-likeness (QED) is 0.923. The van der Waals surface area contributed by atoms with E-state index in [0.29, 0.717) is 18.6 Å². The minimum atomic E-state index is -0.192. The molecule has 0 spiro atoms. The third kappa shape index (κ3) is 3.50. The SMILES string of the molecule is CC1OCCC1CNCc1cc(F)ccc1Br. The molecule has 0 radical (unpaired) electrons. The first kappa shape index (κ1) is 13.0. The molecule has 94 valence electrons. The smallest absolute Gasteiger partial charge is 0.123 e. The molecular weight excluding hydrogens is 285 g/mol. The monoisotopic (exact) mass is 301 g/mol. The van der Waals surface area contributed by atoms with Gasteiger partial charge in [-0.1, -0.05) is 15.9 Å². The maximum absolute atomic E-state index is 13.1. The van der Waals surface area contributed by atoms with Crippen molar-refractivity contribution in [1.82, 2.24) is 5.32 Å². The van der Waals surface area contributed by atoms with Gasteiger partial charge >= 0.3 is 0 Å². The second-order valence-corrected chi connectivity index (χ2v) is 5.35. The number of halogens is 2. The third-order valence-corrected chi connectivity index (χ3v) is 4.04. The van der Waals surface area contributed by atoms with E-state index < -0.39 is 0 Å². The number of ether oxygens (including phenoxy) is 1. The van der Waals surface area contributed by atoms with E-state index in [0.717, 1.165) is 29.6 Å². The molecule has 1 fully saturated rings. The summed E-state index contributed by atoms with van der Waals surface area (Å²) < 4.78 is 19.5. The van der Waals surface area contributed by atoms with Crippen LogP contribution in [0.25, 0.3) is 0 Å². The molecule has 2 atom stereocenters. The van der Waals surface area contributed by atoms with Crippen LogP contribution in [0.15, 0.2) is 22.7 Å². The summed E-state index contributed by atoms with van der Waals surface area (Å²) in [6.45, 7) is 4.57. The lowest BCUT2D eigenvalue weighted by Gasteiger charge is -2.15. The first-order valence-corrected chi connectivity index (χ1v) is 6.72.